The first-order valence-electron chi connectivity index (χ1n) is 4.42. The van der Waals surface area contributed by atoms with Crippen LogP contribution in [-0.2, 0) is 4.79 Å². The van der Waals surface area contributed by atoms with Gasteiger partial charge < -0.3 is 15.5 Å². The second-order valence-electron chi connectivity index (χ2n) is 3.13. The molecule has 13 heavy (non-hydrogen) atoms. The number of carbonyl (C=O) groups excluding carboxylic acids is 2. The summed E-state index contributed by atoms with van der Waals surface area (Å²) in [6.07, 6.45) is 0. The number of rotatable bonds is 1. The average Bonchev–Trinajstić information content (AvgIpc) is 2.09. The second kappa shape index (κ2) is 3.64. The van der Waals surface area contributed by atoms with Gasteiger partial charge in [0, 0.05) is 19.6 Å². The molecule has 0 bridgehead atoms. The summed E-state index contributed by atoms with van der Waals surface area (Å²) in [6, 6.07) is -0.928. The van der Waals surface area contributed by atoms with Crippen LogP contribution in [0.2, 0.25) is 0 Å². The van der Waals surface area contributed by atoms with Crippen LogP contribution in [0.25, 0.3) is 0 Å². The highest BCUT2D eigenvalue weighted by atomic mass is 16.2. The summed E-state index contributed by atoms with van der Waals surface area (Å²) in [5, 5.41) is 0. The standard InChI is InChI=1S/C8H15N3O2/c1-3-10-4-5-11(8(9)13)6(2)7(10)12/h6H,3-5H2,1-2H3,(H2,9,13). The molecule has 3 amide bonds. The molecule has 1 saturated heterocycles. The Morgan fingerprint density at radius 2 is 2.23 bits per heavy atom. The van der Waals surface area contributed by atoms with Crippen LogP contribution in [0.1, 0.15) is 13.8 Å². The molecule has 1 fully saturated rings. The van der Waals surface area contributed by atoms with Gasteiger partial charge in [0.05, 0.1) is 0 Å². The van der Waals surface area contributed by atoms with Crippen molar-refractivity contribution >= 4 is 11.9 Å². The number of likely N-dealkylation sites (N-methyl/N-ethyl adjacent to an activating group) is 1. The molecule has 1 atom stereocenters. The Morgan fingerprint density at radius 1 is 1.62 bits per heavy atom. The van der Waals surface area contributed by atoms with Crippen molar-refractivity contribution in [2.45, 2.75) is 19.9 Å². The Morgan fingerprint density at radius 3 is 2.69 bits per heavy atom. The molecule has 1 rings (SSSR count). The maximum absolute atomic E-state index is 11.5. The number of hydrogen-bond acceptors (Lipinski definition) is 2. The summed E-state index contributed by atoms with van der Waals surface area (Å²) < 4.78 is 0. The van der Waals surface area contributed by atoms with Gasteiger partial charge >= 0.3 is 6.03 Å². The Labute approximate surface area is 77.5 Å². The van der Waals surface area contributed by atoms with Crippen molar-refractivity contribution in [1.29, 1.82) is 0 Å². The maximum atomic E-state index is 11.5. The van der Waals surface area contributed by atoms with Crippen molar-refractivity contribution in [3.63, 3.8) is 0 Å². The Hall–Kier alpha value is -1.26. The Bertz CT molecular complexity index is 229. The van der Waals surface area contributed by atoms with Crippen LogP contribution in [0, 0.1) is 0 Å². The van der Waals surface area contributed by atoms with Gasteiger partial charge in [-0.3, -0.25) is 4.79 Å². The first-order valence-corrected chi connectivity index (χ1v) is 4.42. The first-order chi connectivity index (χ1) is 6.07. The van der Waals surface area contributed by atoms with E-state index in [0.29, 0.717) is 19.6 Å². The van der Waals surface area contributed by atoms with E-state index in [2.05, 4.69) is 0 Å². The lowest BCUT2D eigenvalue weighted by molar-refractivity contribution is -0.138. The largest absolute Gasteiger partial charge is 0.351 e. The summed E-state index contributed by atoms with van der Waals surface area (Å²) in [4.78, 5) is 25.6. The van der Waals surface area contributed by atoms with Crippen molar-refractivity contribution < 1.29 is 9.59 Å². The molecule has 0 radical (unpaired) electrons. The summed E-state index contributed by atoms with van der Waals surface area (Å²) in [5.41, 5.74) is 5.12. The number of hydrogen-bond donors (Lipinski definition) is 1. The zero-order valence-electron chi connectivity index (χ0n) is 7.99. The van der Waals surface area contributed by atoms with E-state index in [-0.39, 0.29) is 5.91 Å². The molecule has 0 spiro atoms. The van der Waals surface area contributed by atoms with Gasteiger partial charge in [0.2, 0.25) is 5.91 Å². The highest BCUT2D eigenvalue weighted by Crippen LogP contribution is 2.09. The molecule has 0 aromatic carbocycles. The number of amides is 3. The van der Waals surface area contributed by atoms with Crippen LogP contribution in [-0.4, -0.2) is 47.4 Å². The molecule has 2 N–H and O–H groups in total. The lowest BCUT2D eigenvalue weighted by Crippen LogP contribution is -2.58. The molecule has 0 aromatic rings. The van der Waals surface area contributed by atoms with Gasteiger partial charge in [-0.1, -0.05) is 0 Å². The highest BCUT2D eigenvalue weighted by molar-refractivity contribution is 5.87. The average molecular weight is 185 g/mol. The monoisotopic (exact) mass is 185 g/mol. The van der Waals surface area contributed by atoms with E-state index in [0.717, 1.165) is 0 Å². The van der Waals surface area contributed by atoms with Crippen LogP contribution in [0.5, 0.6) is 0 Å². The van der Waals surface area contributed by atoms with E-state index in [9.17, 15) is 9.59 Å². The fourth-order valence-corrected chi connectivity index (χ4v) is 1.54. The number of urea groups is 1. The van der Waals surface area contributed by atoms with Gasteiger partial charge in [-0.15, -0.1) is 0 Å². The van der Waals surface area contributed by atoms with Crippen LogP contribution in [0.3, 0.4) is 0 Å². The van der Waals surface area contributed by atoms with Crippen LogP contribution >= 0.6 is 0 Å². The molecular weight excluding hydrogens is 170 g/mol. The molecule has 5 nitrogen and oxygen atoms in total. The Balaban J connectivity index is 2.70. The van der Waals surface area contributed by atoms with Crippen molar-refractivity contribution in [3.8, 4) is 0 Å². The van der Waals surface area contributed by atoms with Crippen molar-refractivity contribution in [3.05, 3.63) is 0 Å². The first kappa shape index (κ1) is 9.83. The minimum atomic E-state index is -0.517. The predicted octanol–water partition coefficient (Wildman–Crippen LogP) is -0.382. The maximum Gasteiger partial charge on any atom is 0.315 e. The highest BCUT2D eigenvalue weighted by Gasteiger charge is 2.32. The van der Waals surface area contributed by atoms with E-state index >= 15 is 0 Å². The number of nitrogens with zero attached hydrogens (tertiary/aromatic N) is 2. The van der Waals surface area contributed by atoms with Crippen molar-refractivity contribution in [2.75, 3.05) is 19.6 Å². The molecule has 5 heteroatoms. The molecule has 1 aliphatic rings. The van der Waals surface area contributed by atoms with Crippen molar-refractivity contribution in [1.82, 2.24) is 9.80 Å². The van der Waals surface area contributed by atoms with Gasteiger partial charge in [0.1, 0.15) is 6.04 Å². The zero-order chi connectivity index (χ0) is 10.0. The van der Waals surface area contributed by atoms with Gasteiger partial charge in [0.15, 0.2) is 0 Å². The van der Waals surface area contributed by atoms with Gasteiger partial charge in [-0.05, 0) is 13.8 Å². The smallest absolute Gasteiger partial charge is 0.315 e. The molecular formula is C8H15N3O2. The summed E-state index contributed by atoms with van der Waals surface area (Å²) in [6.45, 7) is 5.44. The zero-order valence-corrected chi connectivity index (χ0v) is 7.99. The number of nitrogens with two attached hydrogens (primary N) is 1. The van der Waals surface area contributed by atoms with Gasteiger partial charge in [0.25, 0.3) is 0 Å². The molecule has 0 saturated carbocycles. The molecule has 1 aliphatic heterocycles. The normalized spacial score (nSPS) is 23.5. The molecule has 1 unspecified atom stereocenters. The SMILES string of the molecule is CCN1CCN(C(N)=O)C(C)C1=O. The molecule has 0 aliphatic carbocycles. The van der Waals surface area contributed by atoms with Crippen molar-refractivity contribution in [2.24, 2.45) is 5.73 Å². The van der Waals surface area contributed by atoms with E-state index < -0.39 is 12.1 Å². The van der Waals surface area contributed by atoms with E-state index in [4.69, 9.17) is 5.73 Å². The van der Waals surface area contributed by atoms with Crippen LogP contribution in [0.15, 0.2) is 0 Å². The van der Waals surface area contributed by atoms with E-state index in [1.165, 1.54) is 4.90 Å². The topological polar surface area (TPSA) is 66.6 Å². The third-order valence-corrected chi connectivity index (χ3v) is 2.41. The quantitative estimate of drug-likeness (QED) is 0.605. The summed E-state index contributed by atoms with van der Waals surface area (Å²) in [7, 11) is 0. The summed E-state index contributed by atoms with van der Waals surface area (Å²) >= 11 is 0. The fourth-order valence-electron chi connectivity index (χ4n) is 1.54. The third-order valence-electron chi connectivity index (χ3n) is 2.41. The van der Waals surface area contributed by atoms with Crippen LogP contribution in [0.4, 0.5) is 4.79 Å². The molecule has 0 aromatic heterocycles. The predicted molar refractivity (Wildman–Crippen MR) is 48.0 cm³/mol. The minimum Gasteiger partial charge on any atom is -0.351 e. The van der Waals surface area contributed by atoms with E-state index in [1.807, 2.05) is 6.92 Å². The van der Waals surface area contributed by atoms with E-state index in [1.54, 1.807) is 11.8 Å². The lowest BCUT2D eigenvalue weighted by Gasteiger charge is -2.37. The third kappa shape index (κ3) is 1.74. The minimum absolute atomic E-state index is 0.0208. The van der Waals surface area contributed by atoms with Gasteiger partial charge in [-0.25, -0.2) is 4.79 Å². The molecule has 1 heterocycles. The number of piperazine rings is 1. The number of carbonyl (C=O) groups is 2. The fraction of sp³-hybridized carbons (Fsp3) is 0.750. The summed E-state index contributed by atoms with van der Waals surface area (Å²) in [5.74, 6) is -0.0208. The Kier molecular flexibility index (Phi) is 2.75. The number of primary amides is 1. The molecule has 74 valence electrons. The second-order valence-corrected chi connectivity index (χ2v) is 3.13. The van der Waals surface area contributed by atoms with Crippen LogP contribution < -0.4 is 5.73 Å². The lowest BCUT2D eigenvalue weighted by atomic mass is 10.2. The van der Waals surface area contributed by atoms with Gasteiger partial charge in [-0.2, -0.15) is 0 Å².